The number of anilines is 2. The van der Waals surface area contributed by atoms with Crippen LogP contribution in [0.2, 0.25) is 5.15 Å². The van der Waals surface area contributed by atoms with E-state index < -0.39 is 0 Å². The lowest BCUT2D eigenvalue weighted by molar-refractivity contribution is -0.115. The fourth-order valence-corrected chi connectivity index (χ4v) is 2.85. The first kappa shape index (κ1) is 16.3. The third-order valence-electron chi connectivity index (χ3n) is 3.91. The molecule has 2 amide bonds. The van der Waals surface area contributed by atoms with E-state index in [1.54, 1.807) is 13.1 Å². The predicted octanol–water partition coefficient (Wildman–Crippen LogP) is 2.76. The minimum absolute atomic E-state index is 0.00939. The zero-order valence-corrected chi connectivity index (χ0v) is 14.1. The second-order valence-corrected chi connectivity index (χ2v) is 6.04. The van der Waals surface area contributed by atoms with Crippen molar-refractivity contribution in [1.29, 1.82) is 0 Å². The summed E-state index contributed by atoms with van der Waals surface area (Å²) in [5.74, 6) is 0.283. The predicted molar refractivity (Wildman–Crippen MR) is 93.5 cm³/mol. The van der Waals surface area contributed by atoms with Crippen molar-refractivity contribution in [3.8, 4) is 0 Å². The fraction of sp³-hybridized carbons (Fsp3) is 0.235. The molecule has 1 aliphatic rings. The number of hydrogen-bond acceptors (Lipinski definition) is 4. The Hall–Kier alpha value is -2.60. The van der Waals surface area contributed by atoms with Gasteiger partial charge < -0.3 is 16.0 Å². The highest BCUT2D eigenvalue weighted by Crippen LogP contribution is 2.26. The number of hydrogen-bond donors (Lipinski definition) is 3. The first-order valence-electron chi connectivity index (χ1n) is 7.55. The molecule has 0 saturated carbocycles. The van der Waals surface area contributed by atoms with Crippen LogP contribution < -0.4 is 16.0 Å². The lowest BCUT2D eigenvalue weighted by Gasteiger charge is -2.16. The molecule has 1 aromatic heterocycles. The molecular weight excluding hydrogens is 328 g/mol. The summed E-state index contributed by atoms with van der Waals surface area (Å²) in [6.07, 6.45) is 0.370. The number of benzene rings is 1. The van der Waals surface area contributed by atoms with Crippen molar-refractivity contribution >= 4 is 34.9 Å². The quantitative estimate of drug-likeness (QED) is 0.745. The maximum absolute atomic E-state index is 12.4. The van der Waals surface area contributed by atoms with Gasteiger partial charge in [-0.2, -0.15) is 0 Å². The first-order valence-corrected chi connectivity index (χ1v) is 7.93. The molecule has 2 heterocycles. The van der Waals surface area contributed by atoms with E-state index in [9.17, 15) is 9.59 Å². The van der Waals surface area contributed by atoms with Gasteiger partial charge in [0.2, 0.25) is 5.91 Å². The molecule has 1 aromatic carbocycles. The summed E-state index contributed by atoms with van der Waals surface area (Å²) in [6, 6.07) is 8.66. The zero-order chi connectivity index (χ0) is 17.3. The largest absolute Gasteiger partial charge is 0.373 e. The van der Waals surface area contributed by atoms with E-state index in [1.807, 2.05) is 25.1 Å². The Morgan fingerprint density at radius 2 is 2.12 bits per heavy atom. The highest BCUT2D eigenvalue weighted by atomic mass is 35.5. The van der Waals surface area contributed by atoms with Crippen molar-refractivity contribution in [2.24, 2.45) is 0 Å². The Balaban J connectivity index is 1.76. The minimum atomic E-state index is -0.238. The van der Waals surface area contributed by atoms with Gasteiger partial charge in [0.05, 0.1) is 12.5 Å². The maximum atomic E-state index is 12.4. The van der Waals surface area contributed by atoms with E-state index >= 15 is 0 Å². The molecule has 0 saturated heterocycles. The summed E-state index contributed by atoms with van der Waals surface area (Å²) in [5.41, 5.74) is 3.15. The van der Waals surface area contributed by atoms with Crippen molar-refractivity contribution in [3.05, 3.63) is 52.2 Å². The lowest BCUT2D eigenvalue weighted by atomic mass is 10.0. The highest BCUT2D eigenvalue weighted by molar-refractivity contribution is 6.29. The van der Waals surface area contributed by atoms with E-state index in [0.29, 0.717) is 17.8 Å². The molecule has 124 valence electrons. The summed E-state index contributed by atoms with van der Waals surface area (Å²) < 4.78 is 0. The number of aromatic nitrogens is 1. The number of halogens is 1. The van der Waals surface area contributed by atoms with E-state index in [-0.39, 0.29) is 23.0 Å². The van der Waals surface area contributed by atoms with Gasteiger partial charge in [-0.15, -0.1) is 0 Å². The summed E-state index contributed by atoms with van der Waals surface area (Å²) in [6.45, 7) is 1.89. The number of fused-ring (bicyclic) bond motifs is 1. The normalized spacial score (nSPS) is 13.9. The van der Waals surface area contributed by atoms with Gasteiger partial charge >= 0.3 is 0 Å². The van der Waals surface area contributed by atoms with Crippen LogP contribution in [0.1, 0.15) is 34.5 Å². The molecule has 1 atom stereocenters. The molecule has 3 rings (SSSR count). The molecule has 1 aliphatic heterocycles. The Bertz CT molecular complexity index is 822. The number of nitrogens with one attached hydrogen (secondary N) is 3. The monoisotopic (exact) mass is 344 g/mol. The molecule has 0 spiro atoms. The van der Waals surface area contributed by atoms with Gasteiger partial charge in [0.15, 0.2) is 0 Å². The Kier molecular flexibility index (Phi) is 4.40. The van der Waals surface area contributed by atoms with Crippen LogP contribution in [-0.4, -0.2) is 23.8 Å². The number of rotatable bonds is 4. The molecule has 0 radical (unpaired) electrons. The Morgan fingerprint density at radius 1 is 1.33 bits per heavy atom. The summed E-state index contributed by atoms with van der Waals surface area (Å²) in [4.78, 5) is 27.9. The third kappa shape index (κ3) is 3.33. The number of pyridine rings is 1. The third-order valence-corrected chi connectivity index (χ3v) is 4.11. The molecule has 3 N–H and O–H groups in total. The maximum Gasteiger partial charge on any atom is 0.251 e. The molecule has 0 bridgehead atoms. The molecule has 6 nitrogen and oxygen atoms in total. The van der Waals surface area contributed by atoms with Gasteiger partial charge in [0, 0.05) is 18.3 Å². The van der Waals surface area contributed by atoms with Gasteiger partial charge in [-0.05, 0) is 36.2 Å². The lowest BCUT2D eigenvalue weighted by Crippen LogP contribution is -2.26. The zero-order valence-electron chi connectivity index (χ0n) is 13.3. The standard InChI is InChI=1S/C17H17ClN4O2/c1-9(10-3-4-13-11(5-10)8-16(23)21-13)20-17(24)12-6-14(18)22-15(7-12)19-2/h3-7,9H,8H2,1-2H3,(H,19,22)(H,20,24)(H,21,23)/t9-/m1/s1. The number of amides is 2. The van der Waals surface area contributed by atoms with Crippen LogP contribution >= 0.6 is 11.6 Å². The molecule has 0 fully saturated rings. The van der Waals surface area contributed by atoms with E-state index in [0.717, 1.165) is 16.8 Å². The van der Waals surface area contributed by atoms with Crippen molar-refractivity contribution in [1.82, 2.24) is 10.3 Å². The molecule has 2 aromatic rings. The second-order valence-electron chi connectivity index (χ2n) is 5.65. The highest BCUT2D eigenvalue weighted by Gasteiger charge is 2.20. The summed E-state index contributed by atoms with van der Waals surface area (Å²) in [5, 5.41) is 8.85. The van der Waals surface area contributed by atoms with Gasteiger partial charge in [0.25, 0.3) is 5.91 Å². The topological polar surface area (TPSA) is 83.1 Å². The number of carbonyl (C=O) groups is 2. The van der Waals surface area contributed by atoms with Crippen LogP contribution in [0.25, 0.3) is 0 Å². The van der Waals surface area contributed by atoms with E-state index in [4.69, 9.17) is 11.6 Å². The van der Waals surface area contributed by atoms with Crippen LogP contribution in [0.4, 0.5) is 11.5 Å². The first-order chi connectivity index (χ1) is 11.5. The SMILES string of the molecule is CNc1cc(C(=O)N[C@H](C)c2ccc3c(c2)CC(=O)N3)cc(Cl)n1. The van der Waals surface area contributed by atoms with Gasteiger partial charge in [0.1, 0.15) is 11.0 Å². The van der Waals surface area contributed by atoms with Crippen molar-refractivity contribution < 1.29 is 9.59 Å². The average molecular weight is 345 g/mol. The smallest absolute Gasteiger partial charge is 0.251 e. The Labute approximate surface area is 144 Å². The summed E-state index contributed by atoms with van der Waals surface area (Å²) >= 11 is 5.93. The van der Waals surface area contributed by atoms with Crippen LogP contribution in [-0.2, 0) is 11.2 Å². The van der Waals surface area contributed by atoms with Gasteiger partial charge in [-0.1, -0.05) is 23.7 Å². The molecular formula is C17H17ClN4O2. The molecule has 0 unspecified atom stereocenters. The van der Waals surface area contributed by atoms with Crippen LogP contribution in [0.5, 0.6) is 0 Å². The van der Waals surface area contributed by atoms with Crippen LogP contribution in [0.3, 0.4) is 0 Å². The molecule has 24 heavy (non-hydrogen) atoms. The van der Waals surface area contributed by atoms with Crippen LogP contribution in [0, 0.1) is 0 Å². The number of carbonyl (C=O) groups excluding carboxylic acids is 2. The van der Waals surface area contributed by atoms with E-state index in [2.05, 4.69) is 20.9 Å². The van der Waals surface area contributed by atoms with E-state index in [1.165, 1.54) is 6.07 Å². The van der Waals surface area contributed by atoms with Crippen molar-refractivity contribution in [2.45, 2.75) is 19.4 Å². The summed E-state index contributed by atoms with van der Waals surface area (Å²) in [7, 11) is 1.71. The van der Waals surface area contributed by atoms with Gasteiger partial charge in [-0.25, -0.2) is 4.98 Å². The van der Waals surface area contributed by atoms with Gasteiger partial charge in [-0.3, -0.25) is 9.59 Å². The second kappa shape index (κ2) is 6.49. The molecule has 0 aliphatic carbocycles. The van der Waals surface area contributed by atoms with Crippen LogP contribution in [0.15, 0.2) is 30.3 Å². The number of nitrogens with zero attached hydrogens (tertiary/aromatic N) is 1. The van der Waals surface area contributed by atoms with Crippen molar-refractivity contribution in [3.63, 3.8) is 0 Å². The average Bonchev–Trinajstić information content (AvgIpc) is 2.93. The minimum Gasteiger partial charge on any atom is -0.373 e. The fourth-order valence-electron chi connectivity index (χ4n) is 2.64. The van der Waals surface area contributed by atoms with Crippen molar-refractivity contribution in [2.75, 3.05) is 17.7 Å². The molecule has 7 heteroatoms. The Morgan fingerprint density at radius 3 is 2.88 bits per heavy atom.